The number of carbonyl (C=O) groups is 3. The number of hydrogen-bond acceptors (Lipinski definition) is 6. The van der Waals surface area contributed by atoms with Crippen LogP contribution in [0.2, 0.25) is 0 Å². The Kier molecular flexibility index (Phi) is 6.88. The Balaban J connectivity index is 2.34. The molecule has 156 valence electrons. The number of carbonyl (C=O) groups excluding carboxylic acids is 3. The van der Waals surface area contributed by atoms with Crippen molar-refractivity contribution in [2.45, 2.75) is 71.9 Å². The lowest BCUT2D eigenvalue weighted by atomic mass is 9.81. The molecule has 0 unspecified atom stereocenters. The van der Waals surface area contributed by atoms with Gasteiger partial charge in [0.1, 0.15) is 10.5 Å². The van der Waals surface area contributed by atoms with Crippen LogP contribution in [0.5, 0.6) is 0 Å². The Bertz CT molecular complexity index is 767. The molecule has 1 aliphatic rings. The summed E-state index contributed by atoms with van der Waals surface area (Å²) in [4.78, 5) is 37.6. The van der Waals surface area contributed by atoms with Gasteiger partial charge in [-0.25, -0.2) is 4.79 Å². The molecule has 0 saturated carbocycles. The molecule has 0 saturated heterocycles. The molecule has 7 nitrogen and oxygen atoms in total. The Morgan fingerprint density at radius 3 is 2.43 bits per heavy atom. The van der Waals surface area contributed by atoms with Crippen molar-refractivity contribution in [1.29, 1.82) is 0 Å². The first-order valence-corrected chi connectivity index (χ1v) is 10.5. The predicted octanol–water partition coefficient (Wildman–Crippen LogP) is 2.34. The number of quaternary nitrogens is 1. The maximum absolute atomic E-state index is 12.7. The fourth-order valence-electron chi connectivity index (χ4n) is 3.80. The van der Waals surface area contributed by atoms with E-state index in [2.05, 4.69) is 38.3 Å². The number of thiophene rings is 1. The Morgan fingerprint density at radius 2 is 1.82 bits per heavy atom. The van der Waals surface area contributed by atoms with Crippen molar-refractivity contribution in [2.24, 2.45) is 0 Å². The van der Waals surface area contributed by atoms with Crippen molar-refractivity contribution in [3.8, 4) is 0 Å². The minimum atomic E-state index is -0.463. The first-order chi connectivity index (χ1) is 13.0. The minimum Gasteiger partial charge on any atom is -0.462 e. The summed E-state index contributed by atoms with van der Waals surface area (Å²) >= 11 is 1.39. The molecule has 28 heavy (non-hydrogen) atoms. The van der Waals surface area contributed by atoms with Gasteiger partial charge in [-0.05, 0) is 46.6 Å². The SMILES string of the molecule is CCCC(=O)OCC(=O)Nc1sc2c(c1C(=O)OCC)CC(C)(C)[NH2+]C2(C)C. The summed E-state index contributed by atoms with van der Waals surface area (Å²) < 4.78 is 10.2. The van der Waals surface area contributed by atoms with E-state index in [1.54, 1.807) is 6.92 Å². The topological polar surface area (TPSA) is 98.3 Å². The molecule has 1 aromatic heterocycles. The first-order valence-electron chi connectivity index (χ1n) is 9.66. The monoisotopic (exact) mass is 411 g/mol. The normalized spacial score (nSPS) is 16.8. The van der Waals surface area contributed by atoms with Gasteiger partial charge in [0.15, 0.2) is 6.61 Å². The number of fused-ring (bicyclic) bond motifs is 1. The number of nitrogens with two attached hydrogens (primary N) is 1. The van der Waals surface area contributed by atoms with Crippen LogP contribution in [0.3, 0.4) is 0 Å². The fraction of sp³-hybridized carbons (Fsp3) is 0.650. The molecule has 1 amide bonds. The van der Waals surface area contributed by atoms with E-state index in [0.29, 0.717) is 23.4 Å². The van der Waals surface area contributed by atoms with Crippen molar-refractivity contribution >= 4 is 34.2 Å². The zero-order chi connectivity index (χ0) is 21.1. The second-order valence-electron chi connectivity index (χ2n) is 8.32. The molecule has 0 radical (unpaired) electrons. The van der Waals surface area contributed by atoms with Crippen LogP contribution in [0.4, 0.5) is 5.00 Å². The second kappa shape index (κ2) is 8.61. The molecular weight excluding hydrogens is 380 g/mol. The quantitative estimate of drug-likeness (QED) is 0.671. The lowest BCUT2D eigenvalue weighted by Gasteiger charge is -2.38. The van der Waals surface area contributed by atoms with Gasteiger partial charge >= 0.3 is 11.9 Å². The highest BCUT2D eigenvalue weighted by molar-refractivity contribution is 7.17. The summed E-state index contributed by atoms with van der Waals surface area (Å²) in [6.07, 6.45) is 1.62. The Labute approximate surface area is 170 Å². The molecular formula is C20H31N2O5S+. The standard InChI is InChI=1S/C20H30N2O5S/c1-7-9-14(24)27-11-13(23)21-17-15(18(25)26-8-2)12-10-19(3,4)22-20(5,6)16(12)28-17/h22H,7-11H2,1-6H3,(H,21,23)/p+1. The van der Waals surface area contributed by atoms with E-state index in [4.69, 9.17) is 9.47 Å². The molecule has 0 bridgehead atoms. The molecule has 0 fully saturated rings. The Hall–Kier alpha value is -1.93. The zero-order valence-corrected chi connectivity index (χ0v) is 18.4. The van der Waals surface area contributed by atoms with Crippen molar-refractivity contribution in [2.75, 3.05) is 18.5 Å². The van der Waals surface area contributed by atoms with Gasteiger partial charge in [-0.3, -0.25) is 9.59 Å². The third-order valence-electron chi connectivity index (χ3n) is 4.53. The molecule has 2 rings (SSSR count). The van der Waals surface area contributed by atoms with Gasteiger partial charge < -0.3 is 20.1 Å². The summed E-state index contributed by atoms with van der Waals surface area (Å²) in [6, 6.07) is 0. The van der Waals surface area contributed by atoms with E-state index in [9.17, 15) is 14.4 Å². The molecule has 0 spiro atoms. The lowest BCUT2D eigenvalue weighted by Crippen LogP contribution is -3.03. The van der Waals surface area contributed by atoms with Crippen LogP contribution in [0.25, 0.3) is 0 Å². The summed E-state index contributed by atoms with van der Waals surface area (Å²) in [5.74, 6) is -1.31. The molecule has 1 aromatic rings. The van der Waals surface area contributed by atoms with Crippen LogP contribution in [-0.2, 0) is 31.0 Å². The average molecular weight is 412 g/mol. The number of amides is 1. The van der Waals surface area contributed by atoms with Crippen molar-refractivity contribution in [3.63, 3.8) is 0 Å². The smallest absolute Gasteiger partial charge is 0.341 e. The van der Waals surface area contributed by atoms with Crippen LogP contribution in [0, 0.1) is 0 Å². The summed E-state index contributed by atoms with van der Waals surface area (Å²) in [5, 5.41) is 5.50. The molecule has 1 aliphatic heterocycles. The fourth-order valence-corrected chi connectivity index (χ4v) is 5.09. The highest BCUT2D eigenvalue weighted by Gasteiger charge is 2.45. The van der Waals surface area contributed by atoms with Crippen LogP contribution >= 0.6 is 11.3 Å². The second-order valence-corrected chi connectivity index (χ2v) is 9.35. The molecule has 2 heterocycles. The van der Waals surface area contributed by atoms with Crippen molar-refractivity contribution in [3.05, 3.63) is 16.0 Å². The molecule has 0 aliphatic carbocycles. The lowest BCUT2D eigenvalue weighted by molar-refractivity contribution is -0.789. The first kappa shape index (κ1) is 22.4. The van der Waals surface area contributed by atoms with Gasteiger partial charge in [0.25, 0.3) is 5.91 Å². The summed E-state index contributed by atoms with van der Waals surface area (Å²) in [6.45, 7) is 12.0. The summed E-state index contributed by atoms with van der Waals surface area (Å²) in [5.41, 5.74) is 1.03. The third-order valence-corrected chi connectivity index (χ3v) is 6.01. The molecule has 3 N–H and O–H groups in total. The number of nitrogens with one attached hydrogen (secondary N) is 1. The zero-order valence-electron chi connectivity index (χ0n) is 17.6. The number of ether oxygens (including phenoxy) is 2. The number of esters is 2. The van der Waals surface area contributed by atoms with Crippen LogP contribution in [0.15, 0.2) is 0 Å². The van der Waals surface area contributed by atoms with Crippen molar-refractivity contribution in [1.82, 2.24) is 0 Å². The molecule has 8 heteroatoms. The highest BCUT2D eigenvalue weighted by Crippen LogP contribution is 2.42. The Morgan fingerprint density at radius 1 is 1.14 bits per heavy atom. The van der Waals surface area contributed by atoms with Crippen molar-refractivity contribution < 1.29 is 29.2 Å². The van der Waals surface area contributed by atoms with Gasteiger partial charge in [0.2, 0.25) is 0 Å². The predicted molar refractivity (Wildman–Crippen MR) is 108 cm³/mol. The van der Waals surface area contributed by atoms with Crippen LogP contribution in [-0.4, -0.2) is 36.6 Å². The van der Waals surface area contributed by atoms with Gasteiger partial charge in [0, 0.05) is 12.8 Å². The van der Waals surface area contributed by atoms with Gasteiger partial charge in [-0.1, -0.05) is 6.92 Å². The average Bonchev–Trinajstić information content (AvgIpc) is 2.90. The van der Waals surface area contributed by atoms with E-state index in [1.807, 2.05) is 6.92 Å². The largest absolute Gasteiger partial charge is 0.462 e. The maximum Gasteiger partial charge on any atom is 0.341 e. The van der Waals surface area contributed by atoms with Crippen LogP contribution in [0.1, 0.15) is 75.2 Å². The highest BCUT2D eigenvalue weighted by atomic mass is 32.1. The number of hydrogen-bond donors (Lipinski definition) is 2. The maximum atomic E-state index is 12.7. The van der Waals surface area contributed by atoms with E-state index < -0.39 is 17.8 Å². The van der Waals surface area contributed by atoms with Gasteiger partial charge in [0.05, 0.1) is 22.6 Å². The molecule has 0 atom stereocenters. The van der Waals surface area contributed by atoms with E-state index in [-0.39, 0.29) is 30.7 Å². The van der Waals surface area contributed by atoms with Crippen LogP contribution < -0.4 is 10.6 Å². The number of anilines is 1. The van der Waals surface area contributed by atoms with Gasteiger partial charge in [-0.2, -0.15) is 0 Å². The molecule has 0 aromatic carbocycles. The van der Waals surface area contributed by atoms with E-state index >= 15 is 0 Å². The van der Waals surface area contributed by atoms with E-state index in [0.717, 1.165) is 10.4 Å². The van der Waals surface area contributed by atoms with Gasteiger partial charge in [-0.15, -0.1) is 11.3 Å². The number of rotatable bonds is 7. The third kappa shape index (κ3) is 5.11. The summed E-state index contributed by atoms with van der Waals surface area (Å²) in [7, 11) is 0. The minimum absolute atomic E-state index is 0.0875. The van der Waals surface area contributed by atoms with E-state index in [1.165, 1.54) is 11.3 Å².